The number of halogens is 1. The van der Waals surface area contributed by atoms with Crippen molar-refractivity contribution in [1.29, 1.82) is 0 Å². The van der Waals surface area contributed by atoms with Crippen molar-refractivity contribution in [2.45, 2.75) is 6.54 Å². The zero-order chi connectivity index (χ0) is 9.97. The highest BCUT2D eigenvalue weighted by atomic mass is 35.5. The first-order valence-corrected chi connectivity index (χ1v) is 5.68. The predicted molar refractivity (Wildman–Crippen MR) is 57.5 cm³/mol. The van der Waals surface area contributed by atoms with E-state index in [0.29, 0.717) is 6.54 Å². The van der Waals surface area contributed by atoms with Gasteiger partial charge in [-0.2, -0.15) is 0 Å². The van der Waals surface area contributed by atoms with Gasteiger partial charge in [-0.25, -0.2) is 0 Å². The standard InChI is InChI=1S/C9H11ClN2OS/c10-8-2-1-7(14-8)5-12-9(13)6-3-11-4-6/h1-2,6,11H,3-5H2,(H,12,13). The van der Waals surface area contributed by atoms with Crippen LogP contribution in [0.5, 0.6) is 0 Å². The Morgan fingerprint density at radius 2 is 2.43 bits per heavy atom. The van der Waals surface area contributed by atoms with E-state index >= 15 is 0 Å². The first-order chi connectivity index (χ1) is 6.75. The Bertz CT molecular complexity index is 335. The molecular formula is C9H11ClN2OS. The molecule has 1 fully saturated rings. The lowest BCUT2D eigenvalue weighted by Gasteiger charge is -2.25. The summed E-state index contributed by atoms with van der Waals surface area (Å²) >= 11 is 7.27. The van der Waals surface area contributed by atoms with Crippen LogP contribution in [-0.4, -0.2) is 19.0 Å². The number of nitrogens with one attached hydrogen (secondary N) is 2. The Balaban J connectivity index is 1.79. The van der Waals surface area contributed by atoms with Gasteiger partial charge in [0.25, 0.3) is 0 Å². The van der Waals surface area contributed by atoms with E-state index in [2.05, 4.69) is 10.6 Å². The van der Waals surface area contributed by atoms with Gasteiger partial charge in [-0.3, -0.25) is 4.79 Å². The van der Waals surface area contributed by atoms with Gasteiger partial charge in [-0.15, -0.1) is 11.3 Å². The maximum Gasteiger partial charge on any atom is 0.225 e. The zero-order valence-corrected chi connectivity index (χ0v) is 9.12. The molecule has 1 saturated heterocycles. The largest absolute Gasteiger partial charge is 0.351 e. The number of thiophene rings is 1. The average molecular weight is 231 g/mol. The molecule has 1 aromatic rings. The summed E-state index contributed by atoms with van der Waals surface area (Å²) in [6.07, 6.45) is 0. The molecule has 0 bridgehead atoms. The van der Waals surface area contributed by atoms with E-state index in [-0.39, 0.29) is 11.8 Å². The molecular weight excluding hydrogens is 220 g/mol. The van der Waals surface area contributed by atoms with Gasteiger partial charge in [0.1, 0.15) is 0 Å². The van der Waals surface area contributed by atoms with Crippen LogP contribution in [0, 0.1) is 5.92 Å². The molecule has 0 atom stereocenters. The highest BCUT2D eigenvalue weighted by molar-refractivity contribution is 7.16. The number of hydrogen-bond acceptors (Lipinski definition) is 3. The van der Waals surface area contributed by atoms with Crippen molar-refractivity contribution >= 4 is 28.8 Å². The van der Waals surface area contributed by atoms with Gasteiger partial charge >= 0.3 is 0 Å². The summed E-state index contributed by atoms with van der Waals surface area (Å²) in [5.41, 5.74) is 0. The quantitative estimate of drug-likeness (QED) is 0.821. The first kappa shape index (κ1) is 9.96. The highest BCUT2D eigenvalue weighted by Gasteiger charge is 2.24. The van der Waals surface area contributed by atoms with Crippen molar-refractivity contribution in [2.75, 3.05) is 13.1 Å². The summed E-state index contributed by atoms with van der Waals surface area (Å²) in [4.78, 5) is 12.5. The van der Waals surface area contributed by atoms with Crippen LogP contribution in [0.2, 0.25) is 4.34 Å². The van der Waals surface area contributed by atoms with Crippen molar-refractivity contribution < 1.29 is 4.79 Å². The molecule has 0 aromatic carbocycles. The summed E-state index contributed by atoms with van der Waals surface area (Å²) in [6.45, 7) is 2.20. The molecule has 0 unspecified atom stereocenters. The number of rotatable bonds is 3. The summed E-state index contributed by atoms with van der Waals surface area (Å²) in [7, 11) is 0. The van der Waals surface area contributed by atoms with Crippen molar-refractivity contribution in [1.82, 2.24) is 10.6 Å². The van der Waals surface area contributed by atoms with Crippen molar-refractivity contribution in [3.05, 3.63) is 21.3 Å². The molecule has 2 N–H and O–H groups in total. The van der Waals surface area contributed by atoms with E-state index in [1.165, 1.54) is 11.3 Å². The number of carbonyl (C=O) groups excluding carboxylic acids is 1. The van der Waals surface area contributed by atoms with Gasteiger partial charge in [-0.1, -0.05) is 11.6 Å². The van der Waals surface area contributed by atoms with E-state index in [0.717, 1.165) is 22.3 Å². The zero-order valence-electron chi connectivity index (χ0n) is 7.55. The monoisotopic (exact) mass is 230 g/mol. The Hall–Kier alpha value is -0.580. The number of amides is 1. The third kappa shape index (κ3) is 2.26. The lowest BCUT2D eigenvalue weighted by molar-refractivity contribution is -0.126. The van der Waals surface area contributed by atoms with Crippen LogP contribution in [0.4, 0.5) is 0 Å². The van der Waals surface area contributed by atoms with Crippen LogP contribution in [-0.2, 0) is 11.3 Å². The minimum Gasteiger partial charge on any atom is -0.351 e. The van der Waals surface area contributed by atoms with Crippen LogP contribution in [0.1, 0.15) is 4.88 Å². The fourth-order valence-corrected chi connectivity index (χ4v) is 2.27. The van der Waals surface area contributed by atoms with E-state index in [1.54, 1.807) is 0 Å². The van der Waals surface area contributed by atoms with Gasteiger partial charge in [0.05, 0.1) is 16.8 Å². The molecule has 0 aliphatic carbocycles. The topological polar surface area (TPSA) is 41.1 Å². The normalized spacial score (nSPS) is 16.4. The molecule has 1 aliphatic heterocycles. The fourth-order valence-electron chi connectivity index (χ4n) is 1.24. The van der Waals surface area contributed by atoms with Crippen LogP contribution < -0.4 is 10.6 Å². The molecule has 1 aromatic heterocycles. The lowest BCUT2D eigenvalue weighted by Crippen LogP contribution is -2.50. The highest BCUT2D eigenvalue weighted by Crippen LogP contribution is 2.21. The predicted octanol–water partition coefficient (Wildman–Crippen LogP) is 1.24. The lowest BCUT2D eigenvalue weighted by atomic mass is 10.0. The van der Waals surface area contributed by atoms with Gasteiger partial charge in [0.15, 0.2) is 0 Å². The van der Waals surface area contributed by atoms with E-state index in [4.69, 9.17) is 11.6 Å². The molecule has 0 radical (unpaired) electrons. The van der Waals surface area contributed by atoms with Crippen LogP contribution in [0.3, 0.4) is 0 Å². The second-order valence-electron chi connectivity index (χ2n) is 3.28. The third-order valence-electron chi connectivity index (χ3n) is 2.22. The second-order valence-corrected chi connectivity index (χ2v) is 5.08. The molecule has 3 nitrogen and oxygen atoms in total. The summed E-state index contributed by atoms with van der Waals surface area (Å²) in [5, 5.41) is 5.95. The summed E-state index contributed by atoms with van der Waals surface area (Å²) in [6, 6.07) is 3.78. The van der Waals surface area contributed by atoms with Crippen LogP contribution in [0.15, 0.2) is 12.1 Å². The van der Waals surface area contributed by atoms with Crippen molar-refractivity contribution in [2.24, 2.45) is 5.92 Å². The molecule has 1 aliphatic rings. The van der Waals surface area contributed by atoms with Crippen LogP contribution in [0.25, 0.3) is 0 Å². The van der Waals surface area contributed by atoms with E-state index in [1.807, 2.05) is 12.1 Å². The van der Waals surface area contributed by atoms with Crippen molar-refractivity contribution in [3.63, 3.8) is 0 Å². The number of hydrogen-bond donors (Lipinski definition) is 2. The molecule has 76 valence electrons. The number of carbonyl (C=O) groups is 1. The summed E-state index contributed by atoms with van der Waals surface area (Å²) < 4.78 is 0.763. The molecule has 1 amide bonds. The maximum atomic E-state index is 11.4. The smallest absolute Gasteiger partial charge is 0.225 e. The molecule has 5 heteroatoms. The van der Waals surface area contributed by atoms with Crippen molar-refractivity contribution in [3.8, 4) is 0 Å². The average Bonchev–Trinajstić information content (AvgIpc) is 2.45. The van der Waals surface area contributed by atoms with E-state index < -0.39 is 0 Å². The maximum absolute atomic E-state index is 11.4. The third-order valence-corrected chi connectivity index (χ3v) is 3.45. The Morgan fingerprint density at radius 1 is 1.64 bits per heavy atom. The second kappa shape index (κ2) is 4.29. The Morgan fingerprint density at radius 3 is 2.93 bits per heavy atom. The first-order valence-electron chi connectivity index (χ1n) is 4.48. The van der Waals surface area contributed by atoms with Gasteiger partial charge in [0.2, 0.25) is 5.91 Å². The molecule has 0 saturated carbocycles. The van der Waals surface area contributed by atoms with Gasteiger partial charge in [0, 0.05) is 18.0 Å². The van der Waals surface area contributed by atoms with Gasteiger partial charge in [-0.05, 0) is 12.1 Å². The van der Waals surface area contributed by atoms with Crippen LogP contribution >= 0.6 is 22.9 Å². The minimum absolute atomic E-state index is 0.133. The van der Waals surface area contributed by atoms with E-state index in [9.17, 15) is 4.79 Å². The Labute approximate surface area is 91.5 Å². The SMILES string of the molecule is O=C(NCc1ccc(Cl)s1)C1CNC1. The Kier molecular flexibility index (Phi) is 3.05. The molecule has 14 heavy (non-hydrogen) atoms. The molecule has 2 rings (SSSR count). The summed E-state index contributed by atoms with van der Waals surface area (Å²) in [5.74, 6) is 0.290. The minimum atomic E-state index is 0.133. The molecule has 2 heterocycles. The molecule has 0 spiro atoms. The van der Waals surface area contributed by atoms with Gasteiger partial charge < -0.3 is 10.6 Å². The fraction of sp³-hybridized carbons (Fsp3) is 0.444.